The smallest absolute Gasteiger partial charge is 0.353 e. The normalized spacial score (nSPS) is 12.1. The number of alkyl halides is 3. The van der Waals surface area contributed by atoms with Crippen molar-refractivity contribution in [2.24, 2.45) is 0 Å². The highest BCUT2D eigenvalue weighted by Gasteiger charge is 2.30. The second-order valence-electron chi connectivity index (χ2n) is 7.58. The molecule has 0 aliphatic rings. The largest absolute Gasteiger partial charge is 0.416 e. The molecule has 0 unspecified atom stereocenters. The molecule has 0 saturated heterocycles. The van der Waals surface area contributed by atoms with Crippen molar-refractivity contribution in [1.82, 2.24) is 9.97 Å². The summed E-state index contributed by atoms with van der Waals surface area (Å²) in [6.45, 7) is 6.36. The fourth-order valence-electron chi connectivity index (χ4n) is 3.60. The molecule has 4 aromatic rings. The van der Waals surface area contributed by atoms with Crippen molar-refractivity contribution in [3.63, 3.8) is 0 Å². The molecule has 2 aromatic carbocycles. The van der Waals surface area contributed by atoms with E-state index < -0.39 is 11.7 Å². The lowest BCUT2D eigenvalue weighted by atomic mass is 9.97. The van der Waals surface area contributed by atoms with Gasteiger partial charge in [-0.25, -0.2) is 4.98 Å². The van der Waals surface area contributed by atoms with Gasteiger partial charge in [0.2, 0.25) is 0 Å². The SMILES string of the molecule is Cc1cc(-c2ccc(-c3ccc(C(F)(F)F)cc3)[nH]2)nc2c(C(C)C)cccc12. The minimum absolute atomic E-state index is 0.354. The number of H-pyrrole nitrogens is 1. The van der Waals surface area contributed by atoms with Crippen molar-refractivity contribution in [2.75, 3.05) is 0 Å². The average molecular weight is 394 g/mol. The molecule has 0 saturated carbocycles. The summed E-state index contributed by atoms with van der Waals surface area (Å²) in [6, 6.07) is 17.2. The van der Waals surface area contributed by atoms with Crippen molar-refractivity contribution >= 4 is 10.9 Å². The first-order chi connectivity index (χ1) is 13.7. The number of hydrogen-bond donors (Lipinski definition) is 1. The lowest BCUT2D eigenvalue weighted by molar-refractivity contribution is -0.137. The second kappa shape index (κ2) is 7.07. The molecule has 29 heavy (non-hydrogen) atoms. The molecule has 2 aromatic heterocycles. The van der Waals surface area contributed by atoms with E-state index in [1.807, 2.05) is 18.2 Å². The van der Waals surface area contributed by atoms with Crippen LogP contribution in [0.5, 0.6) is 0 Å². The third-order valence-corrected chi connectivity index (χ3v) is 5.18. The Morgan fingerprint density at radius 2 is 1.59 bits per heavy atom. The van der Waals surface area contributed by atoms with Crippen molar-refractivity contribution in [3.05, 3.63) is 77.4 Å². The Morgan fingerprint density at radius 3 is 2.24 bits per heavy atom. The lowest BCUT2D eigenvalue weighted by Gasteiger charge is -2.12. The van der Waals surface area contributed by atoms with Gasteiger partial charge in [-0.15, -0.1) is 0 Å². The van der Waals surface area contributed by atoms with Crippen LogP contribution in [-0.2, 0) is 6.18 Å². The Hall–Kier alpha value is -3.08. The third-order valence-electron chi connectivity index (χ3n) is 5.18. The Kier molecular flexibility index (Phi) is 4.69. The molecular weight excluding hydrogens is 373 g/mol. The van der Waals surface area contributed by atoms with Crippen molar-refractivity contribution < 1.29 is 13.2 Å². The summed E-state index contributed by atoms with van der Waals surface area (Å²) in [7, 11) is 0. The van der Waals surface area contributed by atoms with Crippen LogP contribution in [0, 0.1) is 6.92 Å². The summed E-state index contributed by atoms with van der Waals surface area (Å²) in [4.78, 5) is 8.20. The van der Waals surface area contributed by atoms with Crippen LogP contribution in [0.3, 0.4) is 0 Å². The Balaban J connectivity index is 1.75. The number of benzene rings is 2. The average Bonchev–Trinajstić information content (AvgIpc) is 3.17. The highest BCUT2D eigenvalue weighted by Crippen LogP contribution is 2.33. The molecule has 2 heterocycles. The molecule has 1 N–H and O–H groups in total. The topological polar surface area (TPSA) is 28.7 Å². The number of hydrogen-bond acceptors (Lipinski definition) is 1. The summed E-state index contributed by atoms with van der Waals surface area (Å²) in [5.74, 6) is 0.354. The molecule has 148 valence electrons. The van der Waals surface area contributed by atoms with Crippen molar-refractivity contribution in [2.45, 2.75) is 32.9 Å². The number of aromatic nitrogens is 2. The quantitative estimate of drug-likeness (QED) is 0.387. The van der Waals surface area contributed by atoms with E-state index >= 15 is 0 Å². The van der Waals surface area contributed by atoms with Crippen LogP contribution in [0.1, 0.15) is 36.5 Å². The van der Waals surface area contributed by atoms with Gasteiger partial charge in [-0.2, -0.15) is 13.2 Å². The fraction of sp³-hybridized carbons (Fsp3) is 0.208. The standard InChI is InChI=1S/C24H21F3N2/c1-14(2)18-5-4-6-19-15(3)13-22(29-23(18)19)21-12-11-20(28-21)16-7-9-17(10-8-16)24(25,26)27/h4-14,28H,1-3H3. The molecule has 0 fully saturated rings. The number of aryl methyl sites for hydroxylation is 1. The maximum atomic E-state index is 12.8. The van der Waals surface area contributed by atoms with Crippen LogP contribution >= 0.6 is 0 Å². The van der Waals surface area contributed by atoms with Crippen LogP contribution in [0.4, 0.5) is 13.2 Å². The van der Waals surface area contributed by atoms with E-state index in [-0.39, 0.29) is 0 Å². The fourth-order valence-corrected chi connectivity index (χ4v) is 3.60. The van der Waals surface area contributed by atoms with Crippen LogP contribution < -0.4 is 0 Å². The van der Waals surface area contributed by atoms with Crippen molar-refractivity contribution in [1.29, 1.82) is 0 Å². The number of pyridine rings is 1. The molecule has 0 aliphatic carbocycles. The van der Waals surface area contributed by atoms with Crippen LogP contribution in [0.2, 0.25) is 0 Å². The van der Waals surface area contributed by atoms with Gasteiger partial charge in [-0.1, -0.05) is 44.2 Å². The zero-order valence-electron chi connectivity index (χ0n) is 16.4. The van der Waals surface area contributed by atoms with Gasteiger partial charge in [0.25, 0.3) is 0 Å². The monoisotopic (exact) mass is 394 g/mol. The Bertz CT molecular complexity index is 1170. The minimum Gasteiger partial charge on any atom is -0.353 e. The number of fused-ring (bicyclic) bond motifs is 1. The number of nitrogens with zero attached hydrogens (tertiary/aromatic N) is 1. The van der Waals surface area contributed by atoms with Gasteiger partial charge in [-0.05, 0) is 59.9 Å². The number of nitrogens with one attached hydrogen (secondary N) is 1. The molecule has 0 amide bonds. The van der Waals surface area contributed by atoms with E-state index in [2.05, 4.69) is 44.0 Å². The molecule has 0 spiro atoms. The van der Waals surface area contributed by atoms with Gasteiger partial charge in [0, 0.05) is 11.1 Å². The number of aromatic amines is 1. The molecule has 0 atom stereocenters. The first kappa shape index (κ1) is 19.2. The summed E-state index contributed by atoms with van der Waals surface area (Å²) in [5, 5.41) is 1.13. The maximum Gasteiger partial charge on any atom is 0.416 e. The number of para-hydroxylation sites is 1. The van der Waals surface area contributed by atoms with Crippen molar-refractivity contribution in [3.8, 4) is 22.6 Å². The zero-order valence-corrected chi connectivity index (χ0v) is 16.4. The number of halogens is 3. The van der Waals surface area contributed by atoms with E-state index in [1.54, 1.807) is 0 Å². The molecule has 0 bridgehead atoms. The van der Waals surface area contributed by atoms with Gasteiger partial charge >= 0.3 is 6.18 Å². The minimum atomic E-state index is -4.33. The highest BCUT2D eigenvalue weighted by molar-refractivity contribution is 5.87. The first-order valence-corrected chi connectivity index (χ1v) is 9.51. The number of rotatable bonds is 3. The first-order valence-electron chi connectivity index (χ1n) is 9.51. The molecule has 0 aliphatic heterocycles. The lowest BCUT2D eigenvalue weighted by Crippen LogP contribution is -2.03. The summed E-state index contributed by atoms with van der Waals surface area (Å²) < 4.78 is 38.4. The van der Waals surface area contributed by atoms with E-state index in [9.17, 15) is 13.2 Å². The molecule has 5 heteroatoms. The van der Waals surface area contributed by atoms with Crippen LogP contribution in [0.15, 0.2) is 60.7 Å². The predicted octanol–water partition coefficient (Wildman–Crippen LogP) is 7.35. The van der Waals surface area contributed by atoms with E-state index in [0.29, 0.717) is 11.5 Å². The highest BCUT2D eigenvalue weighted by atomic mass is 19.4. The van der Waals surface area contributed by atoms with E-state index in [4.69, 9.17) is 4.98 Å². The Labute approximate surface area is 167 Å². The van der Waals surface area contributed by atoms with Crippen LogP contribution in [0.25, 0.3) is 33.5 Å². The second-order valence-corrected chi connectivity index (χ2v) is 7.58. The Morgan fingerprint density at radius 1 is 0.897 bits per heavy atom. The summed E-state index contributed by atoms with van der Waals surface area (Å²) in [5.41, 5.74) is 5.78. The maximum absolute atomic E-state index is 12.8. The molecule has 2 nitrogen and oxygen atoms in total. The van der Waals surface area contributed by atoms with Gasteiger partial charge in [-0.3, -0.25) is 0 Å². The zero-order chi connectivity index (χ0) is 20.8. The molecule has 4 rings (SSSR count). The summed E-state index contributed by atoms with van der Waals surface area (Å²) in [6.07, 6.45) is -4.33. The van der Waals surface area contributed by atoms with E-state index in [0.717, 1.165) is 45.7 Å². The van der Waals surface area contributed by atoms with Gasteiger partial charge in [0.15, 0.2) is 0 Å². The van der Waals surface area contributed by atoms with Gasteiger partial charge in [0.05, 0.1) is 22.5 Å². The third kappa shape index (κ3) is 3.65. The summed E-state index contributed by atoms with van der Waals surface area (Å²) >= 11 is 0. The molecule has 0 radical (unpaired) electrons. The van der Waals surface area contributed by atoms with Gasteiger partial charge < -0.3 is 4.98 Å². The predicted molar refractivity (Wildman–Crippen MR) is 111 cm³/mol. The molecular formula is C24H21F3N2. The van der Waals surface area contributed by atoms with Gasteiger partial charge in [0.1, 0.15) is 0 Å². The van der Waals surface area contributed by atoms with Crippen LogP contribution in [-0.4, -0.2) is 9.97 Å². The van der Waals surface area contributed by atoms with E-state index in [1.165, 1.54) is 17.7 Å².